The van der Waals surface area contributed by atoms with Gasteiger partial charge in [0.2, 0.25) is 0 Å². The Balaban J connectivity index is 1.71. The van der Waals surface area contributed by atoms with Crippen molar-refractivity contribution in [3.8, 4) is 11.8 Å². The zero-order chi connectivity index (χ0) is 22.4. The number of carbonyl (C=O) groups is 2. The Morgan fingerprint density at radius 3 is 2.16 bits per heavy atom. The summed E-state index contributed by atoms with van der Waals surface area (Å²) in [6.07, 6.45) is 1.40. The van der Waals surface area contributed by atoms with Gasteiger partial charge in [-0.1, -0.05) is 57.3 Å². The third kappa shape index (κ3) is 5.96. The Morgan fingerprint density at radius 2 is 1.58 bits per heavy atom. The van der Waals surface area contributed by atoms with E-state index in [1.54, 1.807) is 66.7 Å². The van der Waals surface area contributed by atoms with E-state index in [0.29, 0.717) is 16.9 Å². The van der Waals surface area contributed by atoms with Crippen LogP contribution in [0.15, 0.2) is 76.8 Å². The van der Waals surface area contributed by atoms with Gasteiger partial charge in [-0.15, -0.1) is 0 Å². The SMILES string of the molecule is N#C/C(=C\c1ccc(OC(=O)c2ccc(Br)cc2)cc1)C(=O)Nc1c(Cl)cccc1Cl. The van der Waals surface area contributed by atoms with Crippen LogP contribution >= 0.6 is 39.1 Å². The van der Waals surface area contributed by atoms with E-state index in [9.17, 15) is 14.9 Å². The van der Waals surface area contributed by atoms with Crippen molar-refractivity contribution in [3.63, 3.8) is 0 Å². The first-order chi connectivity index (χ1) is 14.9. The van der Waals surface area contributed by atoms with Crippen molar-refractivity contribution in [1.29, 1.82) is 5.26 Å². The van der Waals surface area contributed by atoms with Gasteiger partial charge in [0.15, 0.2) is 0 Å². The molecule has 0 aliphatic heterocycles. The number of nitriles is 1. The molecule has 3 aromatic rings. The Morgan fingerprint density at radius 1 is 0.968 bits per heavy atom. The summed E-state index contributed by atoms with van der Waals surface area (Å²) in [7, 11) is 0. The first-order valence-corrected chi connectivity index (χ1v) is 10.4. The lowest BCUT2D eigenvalue weighted by Gasteiger charge is -2.08. The summed E-state index contributed by atoms with van der Waals surface area (Å²) in [6, 6.07) is 19.8. The minimum Gasteiger partial charge on any atom is -0.423 e. The normalized spacial score (nSPS) is 10.8. The molecule has 0 saturated heterocycles. The number of esters is 1. The Hall–Kier alpha value is -3.11. The van der Waals surface area contributed by atoms with Crippen molar-refractivity contribution in [3.05, 3.63) is 97.9 Å². The van der Waals surface area contributed by atoms with Gasteiger partial charge in [-0.3, -0.25) is 4.79 Å². The average Bonchev–Trinajstić information content (AvgIpc) is 2.76. The number of anilines is 1. The number of carbonyl (C=O) groups excluding carboxylic acids is 2. The topological polar surface area (TPSA) is 79.2 Å². The lowest BCUT2D eigenvalue weighted by molar-refractivity contribution is -0.112. The van der Waals surface area contributed by atoms with Gasteiger partial charge in [0.25, 0.3) is 5.91 Å². The quantitative estimate of drug-likeness (QED) is 0.181. The van der Waals surface area contributed by atoms with Crippen LogP contribution in [0.5, 0.6) is 5.75 Å². The van der Waals surface area contributed by atoms with Gasteiger partial charge in [-0.05, 0) is 60.2 Å². The summed E-state index contributed by atoms with van der Waals surface area (Å²) in [5.41, 5.74) is 1.07. The fourth-order valence-corrected chi connectivity index (χ4v) is 3.25. The molecule has 0 heterocycles. The van der Waals surface area contributed by atoms with Gasteiger partial charge in [-0.2, -0.15) is 5.26 Å². The molecule has 8 heteroatoms. The van der Waals surface area contributed by atoms with Crippen LogP contribution in [0, 0.1) is 11.3 Å². The molecule has 0 spiro atoms. The monoisotopic (exact) mass is 514 g/mol. The molecular weight excluding hydrogens is 503 g/mol. The Bertz CT molecular complexity index is 1180. The number of amides is 1. The van der Waals surface area contributed by atoms with Crippen molar-refractivity contribution >= 4 is 62.8 Å². The predicted octanol–water partition coefficient (Wildman–Crippen LogP) is 6.52. The number of nitrogens with zero attached hydrogens (tertiary/aromatic N) is 1. The van der Waals surface area contributed by atoms with Crippen LogP contribution in [-0.4, -0.2) is 11.9 Å². The van der Waals surface area contributed by atoms with E-state index in [0.717, 1.165) is 4.47 Å². The summed E-state index contributed by atoms with van der Waals surface area (Å²) < 4.78 is 6.19. The first kappa shape index (κ1) is 22.6. The number of benzene rings is 3. The molecule has 0 fully saturated rings. The molecule has 3 aromatic carbocycles. The number of hydrogen-bond acceptors (Lipinski definition) is 4. The lowest BCUT2D eigenvalue weighted by atomic mass is 10.1. The largest absolute Gasteiger partial charge is 0.423 e. The predicted molar refractivity (Wildman–Crippen MR) is 124 cm³/mol. The van der Waals surface area contributed by atoms with Crippen molar-refractivity contribution in [1.82, 2.24) is 0 Å². The fourth-order valence-electron chi connectivity index (χ4n) is 2.50. The third-order valence-corrected chi connectivity index (χ3v) is 5.21. The highest BCUT2D eigenvalue weighted by atomic mass is 79.9. The Labute approximate surface area is 197 Å². The van der Waals surface area contributed by atoms with E-state index in [2.05, 4.69) is 21.2 Å². The second-order valence-corrected chi connectivity index (χ2v) is 7.92. The van der Waals surface area contributed by atoms with Crippen molar-refractivity contribution in [2.24, 2.45) is 0 Å². The van der Waals surface area contributed by atoms with Gasteiger partial charge < -0.3 is 10.1 Å². The van der Waals surface area contributed by atoms with Crippen LogP contribution in [0.2, 0.25) is 10.0 Å². The minimum absolute atomic E-state index is 0.143. The molecule has 1 amide bonds. The van der Waals surface area contributed by atoms with Crippen LogP contribution in [0.1, 0.15) is 15.9 Å². The van der Waals surface area contributed by atoms with Crippen LogP contribution in [0.25, 0.3) is 6.08 Å². The maximum absolute atomic E-state index is 12.5. The van der Waals surface area contributed by atoms with Gasteiger partial charge in [0, 0.05) is 4.47 Å². The molecule has 3 rings (SSSR count). The lowest BCUT2D eigenvalue weighted by Crippen LogP contribution is -2.14. The second kappa shape index (κ2) is 10.3. The smallest absolute Gasteiger partial charge is 0.343 e. The Kier molecular flexibility index (Phi) is 7.48. The number of rotatable bonds is 5. The van der Waals surface area contributed by atoms with E-state index >= 15 is 0 Å². The minimum atomic E-state index is -0.650. The molecule has 31 heavy (non-hydrogen) atoms. The third-order valence-electron chi connectivity index (χ3n) is 4.05. The number of ether oxygens (including phenoxy) is 1. The summed E-state index contributed by atoms with van der Waals surface area (Å²) in [4.78, 5) is 24.6. The standard InChI is InChI=1S/C23H13BrCl2N2O3/c24-17-8-6-15(7-9-17)23(30)31-18-10-4-14(5-11-18)12-16(13-27)22(29)28-21-19(25)2-1-3-20(21)26/h1-12H,(H,28,29)/b16-12+. The summed E-state index contributed by atoms with van der Waals surface area (Å²) in [5.74, 6) is -0.816. The molecule has 1 N–H and O–H groups in total. The van der Waals surface area contributed by atoms with Crippen molar-refractivity contribution in [2.45, 2.75) is 0 Å². The molecule has 0 atom stereocenters. The van der Waals surface area contributed by atoms with E-state index in [1.165, 1.54) is 6.08 Å². The molecule has 0 aliphatic rings. The van der Waals surface area contributed by atoms with E-state index < -0.39 is 11.9 Å². The van der Waals surface area contributed by atoms with Gasteiger partial charge >= 0.3 is 5.97 Å². The number of para-hydroxylation sites is 1. The van der Waals surface area contributed by atoms with E-state index in [1.807, 2.05) is 6.07 Å². The molecule has 0 unspecified atom stereocenters. The van der Waals surface area contributed by atoms with Crippen LogP contribution < -0.4 is 10.1 Å². The summed E-state index contributed by atoms with van der Waals surface area (Å²) in [5, 5.41) is 12.4. The molecule has 0 aliphatic carbocycles. The number of hydrogen-bond donors (Lipinski definition) is 1. The molecule has 0 bridgehead atoms. The molecule has 154 valence electrons. The first-order valence-electron chi connectivity index (χ1n) is 8.82. The maximum atomic E-state index is 12.5. The van der Waals surface area contributed by atoms with Gasteiger partial charge in [0.1, 0.15) is 17.4 Å². The van der Waals surface area contributed by atoms with Crippen molar-refractivity contribution < 1.29 is 14.3 Å². The average molecular weight is 516 g/mol. The highest BCUT2D eigenvalue weighted by molar-refractivity contribution is 9.10. The highest BCUT2D eigenvalue weighted by Crippen LogP contribution is 2.30. The summed E-state index contributed by atoms with van der Waals surface area (Å²) >= 11 is 15.4. The maximum Gasteiger partial charge on any atom is 0.343 e. The van der Waals surface area contributed by atoms with Crippen LogP contribution in [-0.2, 0) is 4.79 Å². The molecule has 0 aromatic heterocycles. The highest BCUT2D eigenvalue weighted by Gasteiger charge is 2.14. The zero-order valence-corrected chi connectivity index (χ0v) is 18.8. The second-order valence-electron chi connectivity index (χ2n) is 6.19. The van der Waals surface area contributed by atoms with E-state index in [4.69, 9.17) is 27.9 Å². The van der Waals surface area contributed by atoms with Crippen LogP contribution in [0.4, 0.5) is 5.69 Å². The van der Waals surface area contributed by atoms with E-state index in [-0.39, 0.29) is 21.3 Å². The number of halogens is 3. The summed E-state index contributed by atoms with van der Waals surface area (Å²) in [6.45, 7) is 0. The number of nitrogens with one attached hydrogen (secondary N) is 1. The van der Waals surface area contributed by atoms with Crippen LogP contribution in [0.3, 0.4) is 0 Å². The van der Waals surface area contributed by atoms with Gasteiger partial charge in [-0.25, -0.2) is 4.79 Å². The molecule has 0 radical (unpaired) electrons. The zero-order valence-electron chi connectivity index (χ0n) is 15.7. The fraction of sp³-hybridized carbons (Fsp3) is 0. The molecule has 5 nitrogen and oxygen atoms in total. The molecular formula is C23H13BrCl2N2O3. The van der Waals surface area contributed by atoms with Crippen molar-refractivity contribution in [2.75, 3.05) is 5.32 Å². The van der Waals surface area contributed by atoms with Gasteiger partial charge in [0.05, 0.1) is 21.3 Å². The molecule has 0 saturated carbocycles.